The van der Waals surface area contributed by atoms with Gasteiger partial charge in [-0.05, 0) is 24.3 Å². The number of pyridine rings is 1. The number of ether oxygens (including phenoxy) is 1. The number of hydrogen-bond acceptors (Lipinski definition) is 5. The Morgan fingerprint density at radius 2 is 2.11 bits per heavy atom. The monoisotopic (exact) mass is 472 g/mol. The molecular formula is C17H15BrCl2N4O3. The van der Waals surface area contributed by atoms with Crippen LogP contribution in [0.5, 0.6) is 5.75 Å². The minimum absolute atomic E-state index is 0.0865. The van der Waals surface area contributed by atoms with E-state index in [1.165, 1.54) is 11.1 Å². The summed E-state index contributed by atoms with van der Waals surface area (Å²) < 4.78 is 6.24. The summed E-state index contributed by atoms with van der Waals surface area (Å²) in [6, 6.07) is 6.87. The van der Waals surface area contributed by atoms with Crippen molar-refractivity contribution in [2.24, 2.45) is 0 Å². The highest BCUT2D eigenvalue weighted by Gasteiger charge is 2.27. The number of carbonyl (C=O) groups excluding carboxylic acids is 2. The van der Waals surface area contributed by atoms with Crippen LogP contribution < -0.4 is 20.3 Å². The zero-order valence-corrected chi connectivity index (χ0v) is 17.1. The first-order valence-electron chi connectivity index (χ1n) is 7.98. The van der Waals surface area contributed by atoms with E-state index in [1.54, 1.807) is 24.3 Å². The Hall–Kier alpha value is -2.03. The number of anilines is 2. The Kier molecular flexibility index (Phi) is 6.41. The second-order valence-electron chi connectivity index (χ2n) is 5.64. The van der Waals surface area contributed by atoms with Gasteiger partial charge in [0.25, 0.3) is 5.91 Å². The van der Waals surface area contributed by atoms with Gasteiger partial charge in [-0.25, -0.2) is 4.98 Å². The normalized spacial score (nSPS) is 13.0. The van der Waals surface area contributed by atoms with Gasteiger partial charge in [-0.15, -0.1) is 0 Å². The Morgan fingerprint density at radius 1 is 1.30 bits per heavy atom. The molecule has 142 valence electrons. The Labute approximate surface area is 174 Å². The predicted molar refractivity (Wildman–Crippen MR) is 108 cm³/mol. The molecular weight excluding hydrogens is 459 g/mol. The van der Waals surface area contributed by atoms with Crippen LogP contribution in [0.4, 0.5) is 11.5 Å². The summed E-state index contributed by atoms with van der Waals surface area (Å²) in [4.78, 5) is 29.8. The molecule has 0 saturated carbocycles. The number of nitrogens with zero attached hydrogens (tertiary/aromatic N) is 2. The topological polar surface area (TPSA) is 83.6 Å². The van der Waals surface area contributed by atoms with Crippen LogP contribution in [0.3, 0.4) is 0 Å². The second-order valence-corrected chi connectivity index (χ2v) is 7.40. The van der Waals surface area contributed by atoms with Crippen LogP contribution in [0.2, 0.25) is 10.0 Å². The molecule has 0 unspecified atom stereocenters. The number of fused-ring (bicyclic) bond motifs is 1. The first-order chi connectivity index (χ1) is 12.9. The molecule has 0 fully saturated rings. The van der Waals surface area contributed by atoms with Crippen LogP contribution in [-0.2, 0) is 9.59 Å². The number of hydrogen-bond donors (Lipinski definition) is 2. The summed E-state index contributed by atoms with van der Waals surface area (Å²) >= 11 is 15.2. The molecule has 3 rings (SSSR count). The van der Waals surface area contributed by atoms with Crippen molar-refractivity contribution in [1.29, 1.82) is 0 Å². The average molecular weight is 474 g/mol. The van der Waals surface area contributed by atoms with Crippen LogP contribution in [0.1, 0.15) is 0 Å². The van der Waals surface area contributed by atoms with Crippen molar-refractivity contribution >= 4 is 62.5 Å². The number of halogens is 3. The summed E-state index contributed by atoms with van der Waals surface area (Å²) in [6.07, 6.45) is 1.48. The Balaban J connectivity index is 1.51. The summed E-state index contributed by atoms with van der Waals surface area (Å²) in [5, 5.41) is 6.60. The van der Waals surface area contributed by atoms with Crippen molar-refractivity contribution in [2.45, 2.75) is 0 Å². The van der Waals surface area contributed by atoms with Gasteiger partial charge in [-0.3, -0.25) is 14.5 Å². The third-order valence-electron chi connectivity index (χ3n) is 3.71. The first-order valence-corrected chi connectivity index (χ1v) is 9.53. The molecule has 2 heterocycles. The van der Waals surface area contributed by atoms with Crippen molar-refractivity contribution < 1.29 is 14.3 Å². The number of amides is 2. The van der Waals surface area contributed by atoms with Crippen molar-refractivity contribution in [1.82, 2.24) is 10.3 Å². The molecule has 0 atom stereocenters. The summed E-state index contributed by atoms with van der Waals surface area (Å²) in [7, 11) is 0. The van der Waals surface area contributed by atoms with E-state index in [1.807, 2.05) is 0 Å². The highest BCUT2D eigenvalue weighted by Crippen LogP contribution is 2.34. The molecule has 27 heavy (non-hydrogen) atoms. The minimum atomic E-state index is -0.281. The number of nitrogens with one attached hydrogen (secondary N) is 2. The largest absolute Gasteiger partial charge is 0.482 e. The van der Waals surface area contributed by atoms with E-state index in [0.29, 0.717) is 40.4 Å². The standard InChI is InChI=1S/C17H15BrCl2N4O3/c18-10-1-2-13-14(5-10)27-9-16(26)24(13)8-15(25)21-3-4-22-17-12(20)6-11(19)7-23-17/h1-2,5-7H,3-4,8-9H2,(H,21,25)(H,22,23). The molecule has 0 saturated heterocycles. The number of rotatable bonds is 6. The smallest absolute Gasteiger partial charge is 0.265 e. The van der Waals surface area contributed by atoms with Gasteiger partial charge in [-0.1, -0.05) is 39.1 Å². The molecule has 10 heteroatoms. The lowest BCUT2D eigenvalue weighted by molar-refractivity contribution is -0.125. The van der Waals surface area contributed by atoms with Crippen molar-refractivity contribution in [3.8, 4) is 5.75 Å². The van der Waals surface area contributed by atoms with Crippen molar-refractivity contribution in [3.63, 3.8) is 0 Å². The fourth-order valence-electron chi connectivity index (χ4n) is 2.48. The lowest BCUT2D eigenvalue weighted by atomic mass is 10.2. The molecule has 0 bridgehead atoms. The van der Waals surface area contributed by atoms with Gasteiger partial charge in [0.15, 0.2) is 6.61 Å². The van der Waals surface area contributed by atoms with Crippen LogP contribution in [0.15, 0.2) is 34.9 Å². The van der Waals surface area contributed by atoms with Gasteiger partial charge in [-0.2, -0.15) is 0 Å². The predicted octanol–water partition coefficient (Wildman–Crippen LogP) is 3.10. The highest BCUT2D eigenvalue weighted by molar-refractivity contribution is 9.10. The van der Waals surface area contributed by atoms with Gasteiger partial charge >= 0.3 is 0 Å². The molecule has 2 amide bonds. The fraction of sp³-hybridized carbons (Fsp3) is 0.235. The number of carbonyl (C=O) groups is 2. The fourth-order valence-corrected chi connectivity index (χ4v) is 3.27. The second kappa shape index (κ2) is 8.77. The maximum Gasteiger partial charge on any atom is 0.265 e. The molecule has 7 nitrogen and oxygen atoms in total. The zero-order chi connectivity index (χ0) is 19.4. The molecule has 2 aromatic rings. The maximum absolute atomic E-state index is 12.2. The van der Waals surface area contributed by atoms with Crippen LogP contribution in [0, 0.1) is 0 Å². The summed E-state index contributed by atoms with van der Waals surface area (Å²) in [5.41, 5.74) is 0.569. The van der Waals surface area contributed by atoms with Crippen molar-refractivity contribution in [3.05, 3.63) is 45.0 Å². The lowest BCUT2D eigenvalue weighted by Crippen LogP contribution is -2.45. The Bertz CT molecular complexity index is 881. The van der Waals surface area contributed by atoms with Gasteiger partial charge in [0, 0.05) is 23.8 Å². The van der Waals surface area contributed by atoms with E-state index in [-0.39, 0.29) is 25.0 Å². The lowest BCUT2D eigenvalue weighted by Gasteiger charge is -2.29. The molecule has 1 aromatic carbocycles. The van der Waals surface area contributed by atoms with Crippen LogP contribution >= 0.6 is 39.1 Å². The van der Waals surface area contributed by atoms with Gasteiger partial charge in [0.2, 0.25) is 5.91 Å². The Morgan fingerprint density at radius 3 is 2.89 bits per heavy atom. The van der Waals surface area contributed by atoms with Gasteiger partial charge in [0.05, 0.1) is 15.7 Å². The van der Waals surface area contributed by atoms with E-state index >= 15 is 0 Å². The quantitative estimate of drug-likeness (QED) is 0.630. The maximum atomic E-state index is 12.2. The van der Waals surface area contributed by atoms with E-state index < -0.39 is 0 Å². The summed E-state index contributed by atoms with van der Waals surface area (Å²) in [5.74, 6) is 0.492. The van der Waals surface area contributed by atoms with E-state index in [0.717, 1.165) is 4.47 Å². The number of benzene rings is 1. The highest BCUT2D eigenvalue weighted by atomic mass is 79.9. The van der Waals surface area contributed by atoms with Crippen LogP contribution in [-0.4, -0.2) is 43.0 Å². The molecule has 2 N–H and O–H groups in total. The van der Waals surface area contributed by atoms with E-state index in [4.69, 9.17) is 27.9 Å². The first kappa shape index (κ1) is 19.7. The molecule has 1 aliphatic heterocycles. The average Bonchev–Trinajstić information content (AvgIpc) is 2.62. The van der Waals surface area contributed by atoms with Crippen LogP contribution in [0.25, 0.3) is 0 Å². The molecule has 0 spiro atoms. The molecule has 0 radical (unpaired) electrons. The molecule has 1 aliphatic rings. The molecule has 1 aromatic heterocycles. The van der Waals surface area contributed by atoms with Crippen molar-refractivity contribution in [2.75, 3.05) is 36.5 Å². The number of aromatic nitrogens is 1. The molecule has 0 aliphatic carbocycles. The SMILES string of the molecule is O=C(CN1C(=O)COc2cc(Br)ccc21)NCCNc1ncc(Cl)cc1Cl. The minimum Gasteiger partial charge on any atom is -0.482 e. The summed E-state index contributed by atoms with van der Waals surface area (Å²) in [6.45, 7) is 0.571. The van der Waals surface area contributed by atoms with Gasteiger partial charge < -0.3 is 15.4 Å². The van der Waals surface area contributed by atoms with E-state index in [9.17, 15) is 9.59 Å². The zero-order valence-electron chi connectivity index (χ0n) is 14.0. The third-order valence-corrected chi connectivity index (χ3v) is 4.70. The van der Waals surface area contributed by atoms with E-state index in [2.05, 4.69) is 31.5 Å². The van der Waals surface area contributed by atoms with Gasteiger partial charge in [0.1, 0.15) is 18.1 Å². The third kappa shape index (κ3) is 5.03.